The van der Waals surface area contributed by atoms with Gasteiger partial charge in [0.25, 0.3) is 5.91 Å². The molecule has 7 heteroatoms. The first-order chi connectivity index (χ1) is 16.3. The molecule has 2 aromatic heterocycles. The minimum atomic E-state index is -0.882. The van der Waals surface area contributed by atoms with Gasteiger partial charge in [-0.2, -0.15) is 0 Å². The number of benzene rings is 2. The van der Waals surface area contributed by atoms with Crippen LogP contribution in [-0.2, 0) is 11.3 Å². The fraction of sp³-hybridized carbons (Fsp3) is 0.222. The van der Waals surface area contributed by atoms with Crippen LogP contribution in [0.4, 0.5) is 5.69 Å². The molecule has 174 valence electrons. The number of hydrogen-bond acceptors (Lipinski definition) is 5. The predicted octanol–water partition coefficient (Wildman–Crippen LogP) is 5.67. The summed E-state index contributed by atoms with van der Waals surface area (Å²) in [6.07, 6.45) is 1.57. The number of amides is 2. The van der Waals surface area contributed by atoms with Gasteiger partial charge in [0.2, 0.25) is 5.91 Å². The monoisotopic (exact) mass is 473 g/mol. The van der Waals surface area contributed by atoms with E-state index in [1.165, 1.54) is 11.3 Å². The van der Waals surface area contributed by atoms with E-state index >= 15 is 0 Å². The molecule has 2 heterocycles. The van der Waals surface area contributed by atoms with Gasteiger partial charge in [-0.15, -0.1) is 11.3 Å². The van der Waals surface area contributed by atoms with Crippen molar-refractivity contribution >= 4 is 28.8 Å². The van der Waals surface area contributed by atoms with Crippen LogP contribution < -0.4 is 10.2 Å². The van der Waals surface area contributed by atoms with Crippen molar-refractivity contribution in [2.75, 3.05) is 4.90 Å². The van der Waals surface area contributed by atoms with Crippen molar-refractivity contribution in [3.05, 3.63) is 105 Å². The van der Waals surface area contributed by atoms with E-state index < -0.39 is 6.04 Å². The third kappa shape index (κ3) is 4.94. The van der Waals surface area contributed by atoms with Crippen LogP contribution in [-0.4, -0.2) is 16.8 Å². The molecule has 1 N–H and O–H groups in total. The van der Waals surface area contributed by atoms with Crippen LogP contribution in [0.3, 0.4) is 0 Å². The Labute approximate surface area is 203 Å². The number of furan rings is 1. The lowest BCUT2D eigenvalue weighted by atomic mass is 10.0. The van der Waals surface area contributed by atoms with Gasteiger partial charge >= 0.3 is 0 Å². The maximum atomic E-state index is 14.0. The number of rotatable bonds is 7. The van der Waals surface area contributed by atoms with Crippen molar-refractivity contribution in [2.45, 2.75) is 40.3 Å². The third-order valence-corrected chi connectivity index (χ3v) is 6.78. The second-order valence-electron chi connectivity index (χ2n) is 8.20. The fourth-order valence-electron chi connectivity index (χ4n) is 3.84. The van der Waals surface area contributed by atoms with Gasteiger partial charge in [-0.3, -0.25) is 14.5 Å². The predicted molar refractivity (Wildman–Crippen MR) is 134 cm³/mol. The van der Waals surface area contributed by atoms with E-state index in [0.29, 0.717) is 27.6 Å². The first-order valence-corrected chi connectivity index (χ1v) is 11.9. The molecule has 0 aliphatic heterocycles. The van der Waals surface area contributed by atoms with Gasteiger partial charge in [0.1, 0.15) is 16.7 Å². The Morgan fingerprint density at radius 2 is 1.76 bits per heavy atom. The lowest BCUT2D eigenvalue weighted by Crippen LogP contribution is -2.44. The molecule has 0 radical (unpaired) electrons. The summed E-state index contributed by atoms with van der Waals surface area (Å²) in [6.45, 7) is 7.94. The molecule has 4 aromatic rings. The second-order valence-corrected chi connectivity index (χ2v) is 9.40. The van der Waals surface area contributed by atoms with Gasteiger partial charge in [-0.25, -0.2) is 4.98 Å². The molecule has 0 aliphatic carbocycles. The molecule has 0 saturated heterocycles. The molecule has 0 fully saturated rings. The highest BCUT2D eigenvalue weighted by Crippen LogP contribution is 2.33. The van der Waals surface area contributed by atoms with Gasteiger partial charge in [0.05, 0.1) is 23.5 Å². The number of nitrogens with one attached hydrogen (secondary N) is 1. The molecular formula is C27H27N3O3S. The summed E-state index contributed by atoms with van der Waals surface area (Å²) in [5, 5.41) is 3.75. The first-order valence-electron chi connectivity index (χ1n) is 11.0. The first kappa shape index (κ1) is 23.4. The van der Waals surface area contributed by atoms with Gasteiger partial charge in [0.15, 0.2) is 0 Å². The smallest absolute Gasteiger partial charge is 0.271 e. The number of nitrogens with zero attached hydrogens (tertiary/aromatic N) is 2. The van der Waals surface area contributed by atoms with Crippen LogP contribution in [0.5, 0.6) is 0 Å². The SMILES string of the molecule is Cc1nc(C)c(C(=O)N(c2ccc(C)c(C)c2)[C@H](C(=O)NCc2ccco2)c2ccccc2)s1. The van der Waals surface area contributed by atoms with Crippen LogP contribution in [0.25, 0.3) is 0 Å². The lowest BCUT2D eigenvalue weighted by Gasteiger charge is -2.31. The van der Waals surface area contributed by atoms with Crippen molar-refractivity contribution in [2.24, 2.45) is 0 Å². The molecule has 1 atom stereocenters. The molecule has 0 saturated carbocycles. The summed E-state index contributed by atoms with van der Waals surface area (Å²) in [5.74, 6) is 0.0829. The van der Waals surface area contributed by atoms with E-state index in [2.05, 4.69) is 10.3 Å². The van der Waals surface area contributed by atoms with E-state index in [0.717, 1.165) is 16.1 Å². The fourth-order valence-corrected chi connectivity index (χ4v) is 4.69. The van der Waals surface area contributed by atoms with Crippen LogP contribution in [0.1, 0.15) is 48.9 Å². The Morgan fingerprint density at radius 3 is 2.38 bits per heavy atom. The summed E-state index contributed by atoms with van der Waals surface area (Å²) in [6, 6.07) is 17.9. The largest absolute Gasteiger partial charge is 0.467 e. The summed E-state index contributed by atoms with van der Waals surface area (Å²) in [7, 11) is 0. The Hall–Kier alpha value is -3.71. The molecule has 0 spiro atoms. The highest BCUT2D eigenvalue weighted by molar-refractivity contribution is 7.13. The molecule has 6 nitrogen and oxygen atoms in total. The Bertz CT molecular complexity index is 1300. The molecule has 0 bridgehead atoms. The minimum Gasteiger partial charge on any atom is -0.467 e. The highest BCUT2D eigenvalue weighted by Gasteiger charge is 2.35. The normalized spacial score (nSPS) is 11.8. The van der Waals surface area contributed by atoms with E-state index in [1.807, 2.05) is 76.2 Å². The van der Waals surface area contributed by atoms with Crippen molar-refractivity contribution in [1.82, 2.24) is 10.3 Å². The van der Waals surface area contributed by atoms with Crippen LogP contribution in [0.15, 0.2) is 71.3 Å². The van der Waals surface area contributed by atoms with Gasteiger partial charge in [0, 0.05) is 5.69 Å². The second kappa shape index (κ2) is 10.1. The highest BCUT2D eigenvalue weighted by atomic mass is 32.1. The zero-order valence-electron chi connectivity index (χ0n) is 19.7. The molecule has 2 amide bonds. The Morgan fingerprint density at radius 1 is 1.00 bits per heavy atom. The van der Waals surface area contributed by atoms with Gasteiger partial charge < -0.3 is 9.73 Å². The van der Waals surface area contributed by atoms with Crippen molar-refractivity contribution < 1.29 is 14.0 Å². The van der Waals surface area contributed by atoms with E-state index in [1.54, 1.807) is 23.3 Å². The molecule has 34 heavy (non-hydrogen) atoms. The number of carbonyl (C=O) groups excluding carboxylic acids is 2. The van der Waals surface area contributed by atoms with Gasteiger partial charge in [-0.1, -0.05) is 36.4 Å². The van der Waals surface area contributed by atoms with Crippen LogP contribution in [0.2, 0.25) is 0 Å². The Kier molecular flexibility index (Phi) is 6.93. The average Bonchev–Trinajstić information content (AvgIpc) is 3.47. The summed E-state index contributed by atoms with van der Waals surface area (Å²) < 4.78 is 5.38. The number of aryl methyl sites for hydroxylation is 4. The molecule has 0 unspecified atom stereocenters. The average molecular weight is 474 g/mol. The summed E-state index contributed by atoms with van der Waals surface area (Å²) in [5.41, 5.74) is 4.17. The molecular weight excluding hydrogens is 446 g/mol. The van der Waals surface area contributed by atoms with Crippen molar-refractivity contribution in [1.29, 1.82) is 0 Å². The van der Waals surface area contributed by atoms with Gasteiger partial charge in [-0.05, 0) is 68.7 Å². The zero-order chi connectivity index (χ0) is 24.2. The number of carbonyl (C=O) groups is 2. The maximum Gasteiger partial charge on any atom is 0.271 e. The summed E-state index contributed by atoms with van der Waals surface area (Å²) in [4.78, 5) is 34.2. The van der Waals surface area contributed by atoms with Crippen LogP contribution >= 0.6 is 11.3 Å². The molecule has 4 rings (SSSR count). The van der Waals surface area contributed by atoms with E-state index in [-0.39, 0.29) is 18.4 Å². The maximum absolute atomic E-state index is 14.0. The van der Waals surface area contributed by atoms with Crippen molar-refractivity contribution in [3.8, 4) is 0 Å². The van der Waals surface area contributed by atoms with E-state index in [4.69, 9.17) is 4.42 Å². The lowest BCUT2D eigenvalue weighted by molar-refractivity contribution is -0.122. The number of anilines is 1. The molecule has 0 aliphatic rings. The van der Waals surface area contributed by atoms with Crippen LogP contribution in [0, 0.1) is 27.7 Å². The standard InChI is InChI=1S/C27H27N3O3S/c1-17-12-13-22(15-18(17)2)30(27(32)25-19(3)29-20(4)34-25)24(21-9-6-5-7-10-21)26(31)28-16-23-11-8-14-33-23/h5-15,24H,16H2,1-4H3,(H,28,31)/t24-/m0/s1. The number of aromatic nitrogens is 1. The molecule has 2 aromatic carbocycles. The Balaban J connectivity index is 1.82. The topological polar surface area (TPSA) is 75.4 Å². The zero-order valence-corrected chi connectivity index (χ0v) is 20.5. The quantitative estimate of drug-likeness (QED) is 0.375. The minimum absolute atomic E-state index is 0.225. The summed E-state index contributed by atoms with van der Waals surface area (Å²) >= 11 is 1.34. The van der Waals surface area contributed by atoms with Crippen molar-refractivity contribution in [3.63, 3.8) is 0 Å². The third-order valence-electron chi connectivity index (χ3n) is 5.72. The van der Waals surface area contributed by atoms with E-state index in [9.17, 15) is 9.59 Å². The number of thiazole rings is 1. The number of hydrogen-bond donors (Lipinski definition) is 1.